The summed E-state index contributed by atoms with van der Waals surface area (Å²) in [6.45, 7) is 3.31. The smallest absolute Gasteiger partial charge is 0.481 e. The van der Waals surface area contributed by atoms with Crippen LogP contribution in [0.15, 0.2) is 49.2 Å². The minimum Gasteiger partial charge on any atom is -0.481 e. The fraction of sp³-hybridized carbons (Fsp3) is 0.238. The summed E-state index contributed by atoms with van der Waals surface area (Å²) in [6, 6.07) is 6.42. The van der Waals surface area contributed by atoms with Crippen molar-refractivity contribution in [2.45, 2.75) is 31.9 Å². The standard InChI is InChI=1S/C21H19F3N4O5/c1-2-17(30)26-11-15-19-14(16(29)7-8-18(31)32)9-10-25-20(19)28(27-15)12-3-5-13(6-4-12)33-21(22,23)24/h2-6,9-10,16,29H,1,7-8,11H2,(H,26,30)(H,31,32)/t16-/m0/s1. The van der Waals surface area contributed by atoms with Gasteiger partial charge in [0.05, 0.1) is 29.4 Å². The molecule has 2 aromatic heterocycles. The van der Waals surface area contributed by atoms with E-state index in [-0.39, 0.29) is 25.0 Å². The van der Waals surface area contributed by atoms with Crippen LogP contribution in [0.4, 0.5) is 13.2 Å². The Morgan fingerprint density at radius 1 is 1.24 bits per heavy atom. The Morgan fingerprint density at radius 3 is 2.55 bits per heavy atom. The molecule has 0 aliphatic carbocycles. The molecular formula is C21H19F3N4O5. The first kappa shape index (κ1) is 23.7. The average molecular weight is 464 g/mol. The Hall–Kier alpha value is -3.93. The number of aliphatic hydroxyl groups is 1. The van der Waals surface area contributed by atoms with Crippen LogP contribution in [-0.4, -0.2) is 43.2 Å². The zero-order chi connectivity index (χ0) is 24.2. The third kappa shape index (κ3) is 5.86. The number of aliphatic hydroxyl groups excluding tert-OH is 1. The van der Waals surface area contributed by atoms with Gasteiger partial charge in [-0.1, -0.05) is 6.58 Å². The predicted molar refractivity (Wildman–Crippen MR) is 109 cm³/mol. The monoisotopic (exact) mass is 464 g/mol. The van der Waals surface area contributed by atoms with Crippen molar-refractivity contribution in [1.82, 2.24) is 20.1 Å². The maximum absolute atomic E-state index is 12.4. The van der Waals surface area contributed by atoms with E-state index in [1.54, 1.807) is 0 Å². The first-order chi connectivity index (χ1) is 15.6. The normalized spacial score (nSPS) is 12.4. The van der Waals surface area contributed by atoms with Crippen molar-refractivity contribution in [3.63, 3.8) is 0 Å². The van der Waals surface area contributed by atoms with E-state index in [0.717, 1.165) is 18.2 Å². The molecule has 0 bridgehead atoms. The summed E-state index contributed by atoms with van der Waals surface area (Å²) in [5, 5.41) is 26.9. The van der Waals surface area contributed by atoms with Crippen LogP contribution in [0.1, 0.15) is 30.2 Å². The van der Waals surface area contributed by atoms with Gasteiger partial charge in [-0.15, -0.1) is 13.2 Å². The van der Waals surface area contributed by atoms with E-state index in [1.165, 1.54) is 29.1 Å². The first-order valence-electron chi connectivity index (χ1n) is 9.62. The van der Waals surface area contributed by atoms with Crippen LogP contribution in [0.25, 0.3) is 16.7 Å². The number of carboxylic acids is 1. The zero-order valence-corrected chi connectivity index (χ0v) is 17.0. The second-order valence-electron chi connectivity index (χ2n) is 6.87. The number of ether oxygens (including phenoxy) is 1. The number of carbonyl (C=O) groups is 2. The van der Waals surface area contributed by atoms with Crippen molar-refractivity contribution >= 4 is 22.9 Å². The van der Waals surface area contributed by atoms with Crippen LogP contribution in [0.2, 0.25) is 0 Å². The van der Waals surface area contributed by atoms with Gasteiger partial charge in [0, 0.05) is 12.6 Å². The number of hydrogen-bond acceptors (Lipinski definition) is 6. The summed E-state index contributed by atoms with van der Waals surface area (Å²) < 4.78 is 42.5. The summed E-state index contributed by atoms with van der Waals surface area (Å²) in [5.41, 5.74) is 1.27. The molecule has 0 saturated heterocycles. The van der Waals surface area contributed by atoms with E-state index in [0.29, 0.717) is 22.3 Å². The van der Waals surface area contributed by atoms with Gasteiger partial charge in [0.1, 0.15) is 5.75 Å². The Labute approximate surface area is 185 Å². The van der Waals surface area contributed by atoms with Gasteiger partial charge in [-0.05, 0) is 48.4 Å². The van der Waals surface area contributed by atoms with Crippen LogP contribution >= 0.6 is 0 Å². The summed E-state index contributed by atoms with van der Waals surface area (Å²) in [6.07, 6.45) is -3.87. The number of alkyl halides is 3. The van der Waals surface area contributed by atoms with Crippen molar-refractivity contribution in [3.8, 4) is 11.4 Å². The lowest BCUT2D eigenvalue weighted by Crippen LogP contribution is -2.20. The van der Waals surface area contributed by atoms with Gasteiger partial charge in [-0.2, -0.15) is 5.10 Å². The number of nitrogens with zero attached hydrogens (tertiary/aromatic N) is 3. The Kier molecular flexibility index (Phi) is 6.97. The SMILES string of the molecule is C=CC(=O)NCc1nn(-c2ccc(OC(F)(F)F)cc2)c2nccc([C@@H](O)CCC(=O)O)c12. The zero-order valence-electron chi connectivity index (χ0n) is 17.0. The van der Waals surface area contributed by atoms with E-state index in [2.05, 4.69) is 26.7 Å². The van der Waals surface area contributed by atoms with Crippen LogP contribution in [-0.2, 0) is 16.1 Å². The molecule has 0 aliphatic heterocycles. The molecule has 12 heteroatoms. The minimum absolute atomic E-state index is 0.0615. The van der Waals surface area contributed by atoms with Crippen LogP contribution in [0.3, 0.4) is 0 Å². The van der Waals surface area contributed by atoms with Crippen LogP contribution in [0, 0.1) is 0 Å². The molecule has 9 nitrogen and oxygen atoms in total. The third-order valence-electron chi connectivity index (χ3n) is 4.59. The molecule has 0 aliphatic rings. The minimum atomic E-state index is -4.83. The third-order valence-corrected chi connectivity index (χ3v) is 4.59. The molecule has 0 fully saturated rings. The molecule has 0 spiro atoms. The van der Waals surface area contributed by atoms with Crippen molar-refractivity contribution in [2.24, 2.45) is 0 Å². The lowest BCUT2D eigenvalue weighted by atomic mass is 10.0. The summed E-state index contributed by atoms with van der Waals surface area (Å²) in [5.74, 6) is -1.96. The highest BCUT2D eigenvalue weighted by Gasteiger charge is 2.31. The molecule has 0 radical (unpaired) electrons. The number of carboxylic acid groups (broad SMARTS) is 1. The van der Waals surface area contributed by atoms with Crippen molar-refractivity contribution in [1.29, 1.82) is 0 Å². The summed E-state index contributed by atoms with van der Waals surface area (Å²) in [4.78, 5) is 26.8. The molecule has 1 atom stereocenters. The number of benzene rings is 1. The maximum atomic E-state index is 12.4. The lowest BCUT2D eigenvalue weighted by Gasteiger charge is -2.12. The van der Waals surface area contributed by atoms with E-state index in [9.17, 15) is 27.9 Å². The maximum Gasteiger partial charge on any atom is 0.573 e. The number of rotatable bonds is 9. The Bertz CT molecular complexity index is 1180. The topological polar surface area (TPSA) is 127 Å². The van der Waals surface area contributed by atoms with Crippen molar-refractivity contribution in [2.75, 3.05) is 0 Å². The second kappa shape index (κ2) is 9.69. The largest absolute Gasteiger partial charge is 0.573 e. The highest BCUT2D eigenvalue weighted by atomic mass is 19.4. The summed E-state index contributed by atoms with van der Waals surface area (Å²) in [7, 11) is 0. The van der Waals surface area contributed by atoms with Crippen molar-refractivity contribution < 1.29 is 37.7 Å². The van der Waals surface area contributed by atoms with Gasteiger partial charge in [0.25, 0.3) is 0 Å². The molecule has 3 rings (SSSR count). The van der Waals surface area contributed by atoms with Gasteiger partial charge in [0.15, 0.2) is 5.65 Å². The van der Waals surface area contributed by atoms with Crippen molar-refractivity contribution in [3.05, 3.63) is 60.4 Å². The van der Waals surface area contributed by atoms with Crippen LogP contribution in [0.5, 0.6) is 5.75 Å². The molecule has 174 valence electrons. The summed E-state index contributed by atoms with van der Waals surface area (Å²) >= 11 is 0. The molecular weight excluding hydrogens is 445 g/mol. The second-order valence-corrected chi connectivity index (χ2v) is 6.87. The molecule has 3 N–H and O–H groups in total. The number of fused-ring (bicyclic) bond motifs is 1. The molecule has 2 heterocycles. The highest BCUT2D eigenvalue weighted by Crippen LogP contribution is 2.31. The number of amides is 1. The lowest BCUT2D eigenvalue weighted by molar-refractivity contribution is -0.274. The Morgan fingerprint density at radius 2 is 1.94 bits per heavy atom. The number of nitrogens with one attached hydrogen (secondary N) is 1. The molecule has 3 aromatic rings. The average Bonchev–Trinajstić information content (AvgIpc) is 3.14. The number of hydrogen-bond donors (Lipinski definition) is 3. The Balaban J connectivity index is 2.06. The van der Waals surface area contributed by atoms with Gasteiger partial charge in [0.2, 0.25) is 5.91 Å². The quantitative estimate of drug-likeness (QED) is 0.416. The molecule has 1 aromatic carbocycles. The van der Waals surface area contributed by atoms with E-state index in [1.807, 2.05) is 0 Å². The molecule has 33 heavy (non-hydrogen) atoms. The van der Waals surface area contributed by atoms with Gasteiger partial charge < -0.3 is 20.3 Å². The number of aliphatic carboxylic acids is 1. The van der Waals surface area contributed by atoms with Gasteiger partial charge >= 0.3 is 12.3 Å². The molecule has 1 amide bonds. The predicted octanol–water partition coefficient (Wildman–Crippen LogP) is 3.02. The number of pyridine rings is 1. The van der Waals surface area contributed by atoms with Crippen LogP contribution < -0.4 is 10.1 Å². The van der Waals surface area contributed by atoms with E-state index >= 15 is 0 Å². The number of carbonyl (C=O) groups excluding carboxylic acids is 1. The number of aromatic nitrogens is 3. The van der Waals surface area contributed by atoms with E-state index in [4.69, 9.17) is 5.11 Å². The van der Waals surface area contributed by atoms with Gasteiger partial charge in [-0.25, -0.2) is 9.67 Å². The molecule has 0 unspecified atom stereocenters. The van der Waals surface area contributed by atoms with Gasteiger partial charge in [-0.3, -0.25) is 9.59 Å². The highest BCUT2D eigenvalue weighted by molar-refractivity contribution is 5.88. The van der Waals surface area contributed by atoms with E-state index < -0.39 is 30.1 Å². The molecule has 0 saturated carbocycles. The fourth-order valence-corrected chi connectivity index (χ4v) is 3.17. The number of halogens is 3. The fourth-order valence-electron chi connectivity index (χ4n) is 3.17. The first-order valence-corrected chi connectivity index (χ1v) is 9.62.